The molecular formula is C51H100NO8P. The Hall–Kier alpha value is -1.25. The molecular weight excluding hydrogens is 786 g/mol. The summed E-state index contributed by atoms with van der Waals surface area (Å²) in [4.78, 5) is 35.0. The molecule has 0 fully saturated rings. The van der Waals surface area contributed by atoms with Crippen molar-refractivity contribution in [3.63, 3.8) is 0 Å². The number of phosphoric ester groups is 1. The van der Waals surface area contributed by atoms with E-state index >= 15 is 0 Å². The first-order valence-corrected chi connectivity index (χ1v) is 27.7. The Kier molecular flexibility index (Phi) is 47.2. The number of hydrogen-bond donors (Lipinski definition) is 2. The van der Waals surface area contributed by atoms with Crippen molar-refractivity contribution in [2.45, 2.75) is 277 Å². The highest BCUT2D eigenvalue weighted by Crippen LogP contribution is 2.43. The molecule has 0 aromatic heterocycles. The van der Waals surface area contributed by atoms with Gasteiger partial charge in [0, 0.05) is 19.4 Å². The summed E-state index contributed by atoms with van der Waals surface area (Å²) < 4.78 is 32.9. The summed E-state index contributed by atoms with van der Waals surface area (Å²) in [6, 6.07) is 0. The Morgan fingerprint density at radius 3 is 1.16 bits per heavy atom. The number of esters is 2. The van der Waals surface area contributed by atoms with Gasteiger partial charge in [0.2, 0.25) is 0 Å². The molecule has 2 atom stereocenters. The monoisotopic (exact) mass is 886 g/mol. The van der Waals surface area contributed by atoms with Crippen LogP contribution in [0.2, 0.25) is 0 Å². The van der Waals surface area contributed by atoms with Gasteiger partial charge in [-0.1, -0.05) is 231 Å². The second-order valence-corrected chi connectivity index (χ2v) is 19.2. The zero-order valence-electron chi connectivity index (χ0n) is 40.2. The van der Waals surface area contributed by atoms with Gasteiger partial charge in [-0.15, -0.1) is 0 Å². The summed E-state index contributed by atoms with van der Waals surface area (Å²) in [5.41, 5.74) is 5.37. The summed E-state index contributed by atoms with van der Waals surface area (Å²) in [6.45, 7) is 3.78. The van der Waals surface area contributed by atoms with E-state index in [1.54, 1.807) is 0 Å². The van der Waals surface area contributed by atoms with Crippen molar-refractivity contribution in [1.82, 2.24) is 0 Å². The largest absolute Gasteiger partial charge is 0.472 e. The normalized spacial score (nSPS) is 13.2. The third kappa shape index (κ3) is 48.1. The Bertz CT molecular complexity index is 1010. The van der Waals surface area contributed by atoms with Crippen LogP contribution in [-0.4, -0.2) is 49.3 Å². The van der Waals surface area contributed by atoms with Crippen LogP contribution in [0.1, 0.15) is 271 Å². The highest BCUT2D eigenvalue weighted by Gasteiger charge is 2.26. The summed E-state index contributed by atoms with van der Waals surface area (Å²) in [5.74, 6) is -0.817. The fourth-order valence-corrected chi connectivity index (χ4v) is 8.52. The second-order valence-electron chi connectivity index (χ2n) is 17.8. The minimum absolute atomic E-state index is 0.0561. The Balaban J connectivity index is 3.98. The summed E-state index contributed by atoms with van der Waals surface area (Å²) in [7, 11) is -4.38. The van der Waals surface area contributed by atoms with Crippen molar-refractivity contribution in [1.29, 1.82) is 0 Å². The average molecular weight is 886 g/mol. The summed E-state index contributed by atoms with van der Waals surface area (Å²) >= 11 is 0. The molecule has 0 radical (unpaired) electrons. The number of hydrogen-bond acceptors (Lipinski definition) is 8. The number of unbranched alkanes of at least 4 members (excludes halogenated alkanes) is 35. The van der Waals surface area contributed by atoms with Gasteiger partial charge in [-0.2, -0.15) is 0 Å². The van der Waals surface area contributed by atoms with E-state index in [0.717, 1.165) is 32.1 Å². The van der Waals surface area contributed by atoms with Crippen molar-refractivity contribution >= 4 is 19.8 Å². The van der Waals surface area contributed by atoms with Gasteiger partial charge < -0.3 is 20.1 Å². The number of nitrogens with two attached hydrogens (primary N) is 1. The number of ether oxygens (including phenoxy) is 2. The molecule has 0 aliphatic carbocycles. The lowest BCUT2D eigenvalue weighted by Crippen LogP contribution is -2.29. The summed E-state index contributed by atoms with van der Waals surface area (Å²) in [6.07, 6.45) is 52.5. The van der Waals surface area contributed by atoms with E-state index < -0.39 is 26.5 Å². The van der Waals surface area contributed by atoms with E-state index in [9.17, 15) is 19.0 Å². The number of carbonyl (C=O) groups is 2. The van der Waals surface area contributed by atoms with Gasteiger partial charge in [0.05, 0.1) is 13.2 Å². The first-order chi connectivity index (χ1) is 29.8. The zero-order valence-corrected chi connectivity index (χ0v) is 41.1. The molecule has 0 amide bonds. The topological polar surface area (TPSA) is 134 Å². The van der Waals surface area contributed by atoms with Crippen molar-refractivity contribution in [3.05, 3.63) is 12.2 Å². The third-order valence-electron chi connectivity index (χ3n) is 11.7. The molecule has 1 unspecified atom stereocenters. The minimum Gasteiger partial charge on any atom is -0.462 e. The Labute approximate surface area is 377 Å². The van der Waals surface area contributed by atoms with Gasteiger partial charge in [0.1, 0.15) is 6.61 Å². The van der Waals surface area contributed by atoms with Crippen LogP contribution >= 0.6 is 7.82 Å². The number of rotatable bonds is 50. The van der Waals surface area contributed by atoms with Crippen molar-refractivity contribution in [2.75, 3.05) is 26.4 Å². The Morgan fingerprint density at radius 2 is 0.803 bits per heavy atom. The van der Waals surface area contributed by atoms with E-state index in [2.05, 4.69) is 26.0 Å². The number of phosphoric acid groups is 1. The molecule has 9 nitrogen and oxygen atoms in total. The van der Waals surface area contributed by atoms with Crippen LogP contribution in [0.25, 0.3) is 0 Å². The van der Waals surface area contributed by atoms with Crippen molar-refractivity contribution in [3.8, 4) is 0 Å². The SMILES string of the molecule is CCCCCCCC/C=C/CCCCCCCCCC(=O)OC[C@H](COP(=O)(O)OCCN)OC(=O)CCCCCCCCCCCCCCCCCCCCCCCCC. The quantitative estimate of drug-likeness (QED) is 0.0265. The predicted octanol–water partition coefficient (Wildman–Crippen LogP) is 15.7. The van der Waals surface area contributed by atoms with Crippen LogP contribution < -0.4 is 5.73 Å². The van der Waals surface area contributed by atoms with Crippen LogP contribution in [-0.2, 0) is 32.7 Å². The lowest BCUT2D eigenvalue weighted by Gasteiger charge is -2.19. The molecule has 0 aromatic rings. The smallest absolute Gasteiger partial charge is 0.462 e. The lowest BCUT2D eigenvalue weighted by atomic mass is 10.0. The first kappa shape index (κ1) is 59.8. The van der Waals surface area contributed by atoms with Crippen LogP contribution in [0.3, 0.4) is 0 Å². The molecule has 0 rings (SSSR count). The van der Waals surface area contributed by atoms with Crippen LogP contribution in [0, 0.1) is 0 Å². The molecule has 0 saturated carbocycles. The molecule has 0 bridgehead atoms. The molecule has 3 N–H and O–H groups in total. The molecule has 10 heteroatoms. The van der Waals surface area contributed by atoms with E-state index in [-0.39, 0.29) is 38.6 Å². The van der Waals surface area contributed by atoms with Crippen LogP contribution in [0.5, 0.6) is 0 Å². The highest BCUT2D eigenvalue weighted by molar-refractivity contribution is 7.47. The maximum atomic E-state index is 12.7. The first-order valence-electron chi connectivity index (χ1n) is 26.2. The van der Waals surface area contributed by atoms with E-state index in [4.69, 9.17) is 24.3 Å². The average Bonchev–Trinajstić information content (AvgIpc) is 3.25. The standard InChI is InChI=1S/C51H100NO8P/c1-3-5-7-9-11-13-15-17-19-21-22-23-24-25-26-28-30-32-34-36-38-40-42-44-51(54)60-49(48-59-61(55,56)58-46-45-52)47-57-50(53)43-41-39-37-35-33-31-29-27-20-18-16-14-12-10-8-6-4-2/h18,20,49H,3-17,19,21-48,52H2,1-2H3,(H,55,56)/b20-18+/t49-/m1/s1. The van der Waals surface area contributed by atoms with Gasteiger partial charge in [-0.3, -0.25) is 18.6 Å². The van der Waals surface area contributed by atoms with Gasteiger partial charge in [0.15, 0.2) is 6.10 Å². The molecule has 0 aliphatic heterocycles. The third-order valence-corrected chi connectivity index (χ3v) is 12.6. The molecule has 0 spiro atoms. The zero-order chi connectivity index (χ0) is 44.6. The fraction of sp³-hybridized carbons (Fsp3) is 0.922. The van der Waals surface area contributed by atoms with Crippen LogP contribution in [0.15, 0.2) is 12.2 Å². The maximum absolute atomic E-state index is 12.7. The molecule has 0 aromatic carbocycles. The van der Waals surface area contributed by atoms with E-state index in [0.29, 0.717) is 6.42 Å². The Morgan fingerprint density at radius 1 is 0.475 bits per heavy atom. The number of allylic oxidation sites excluding steroid dienone is 2. The van der Waals surface area contributed by atoms with Gasteiger partial charge in [0.25, 0.3) is 0 Å². The second kappa shape index (κ2) is 48.2. The minimum atomic E-state index is -4.38. The van der Waals surface area contributed by atoms with Gasteiger partial charge >= 0.3 is 19.8 Å². The van der Waals surface area contributed by atoms with E-state index in [1.165, 1.54) is 205 Å². The van der Waals surface area contributed by atoms with E-state index in [1.807, 2.05) is 0 Å². The van der Waals surface area contributed by atoms with Gasteiger partial charge in [-0.05, 0) is 38.5 Å². The van der Waals surface area contributed by atoms with Crippen molar-refractivity contribution < 1.29 is 37.6 Å². The van der Waals surface area contributed by atoms with Crippen LogP contribution in [0.4, 0.5) is 0 Å². The molecule has 0 heterocycles. The van der Waals surface area contributed by atoms with Gasteiger partial charge in [-0.25, -0.2) is 4.57 Å². The predicted molar refractivity (Wildman–Crippen MR) is 257 cm³/mol. The summed E-state index contributed by atoms with van der Waals surface area (Å²) in [5, 5.41) is 0. The highest BCUT2D eigenvalue weighted by atomic mass is 31.2. The van der Waals surface area contributed by atoms with Crippen molar-refractivity contribution in [2.24, 2.45) is 5.73 Å². The molecule has 362 valence electrons. The maximum Gasteiger partial charge on any atom is 0.472 e. The fourth-order valence-electron chi connectivity index (χ4n) is 7.75. The molecule has 0 aliphatic rings. The number of carbonyl (C=O) groups excluding carboxylic acids is 2. The lowest BCUT2D eigenvalue weighted by molar-refractivity contribution is -0.161. The molecule has 0 saturated heterocycles. The molecule has 61 heavy (non-hydrogen) atoms.